The van der Waals surface area contributed by atoms with Crippen LogP contribution in [0, 0.1) is 0 Å². The van der Waals surface area contributed by atoms with Crippen molar-refractivity contribution in [3.8, 4) is 0 Å². The van der Waals surface area contributed by atoms with Gasteiger partial charge in [0.2, 0.25) is 0 Å². The van der Waals surface area contributed by atoms with Gasteiger partial charge in [0.15, 0.2) is 0 Å². The van der Waals surface area contributed by atoms with Gasteiger partial charge in [0.1, 0.15) is 0 Å². The van der Waals surface area contributed by atoms with E-state index in [4.69, 9.17) is 4.55 Å². The van der Waals surface area contributed by atoms with E-state index in [-0.39, 0.29) is 37.6 Å². The molecular formula is C3H7NaO4S. The number of hydrogen-bond donors (Lipinski definition) is 1. The van der Waals surface area contributed by atoms with Gasteiger partial charge in [0.25, 0.3) is 0 Å². The molecule has 0 amide bonds. The standard InChI is InChI=1S/C3H6O4S.Na.H/c1-2-3-7-8(4,5)6;;/h2H,1,3H2,(H,4,5,6);;/q;+1;-1. The molecule has 0 aromatic rings. The second-order valence-corrected chi connectivity index (χ2v) is 2.09. The third-order valence-electron chi connectivity index (χ3n) is 0.335. The first-order chi connectivity index (χ1) is 3.56. The van der Waals surface area contributed by atoms with E-state index in [1.54, 1.807) is 0 Å². The Labute approximate surface area is 77.6 Å². The Morgan fingerprint density at radius 3 is 2.33 bits per heavy atom. The molecule has 0 fully saturated rings. The molecule has 0 saturated carbocycles. The van der Waals surface area contributed by atoms with Crippen LogP contribution in [0.2, 0.25) is 0 Å². The van der Waals surface area contributed by atoms with E-state index < -0.39 is 10.4 Å². The van der Waals surface area contributed by atoms with Crippen molar-refractivity contribution in [2.24, 2.45) is 0 Å². The minimum absolute atomic E-state index is 0. The largest absolute Gasteiger partial charge is 1.00 e. The molecule has 6 heteroatoms. The monoisotopic (exact) mass is 162 g/mol. The maximum absolute atomic E-state index is 9.68. The summed E-state index contributed by atoms with van der Waals surface area (Å²) < 4.78 is 31.0. The van der Waals surface area contributed by atoms with Gasteiger partial charge < -0.3 is 1.43 Å². The number of hydrogen-bond acceptors (Lipinski definition) is 3. The van der Waals surface area contributed by atoms with Crippen LogP contribution in [-0.2, 0) is 14.6 Å². The first-order valence-corrected chi connectivity index (χ1v) is 3.15. The summed E-state index contributed by atoms with van der Waals surface area (Å²) in [6.07, 6.45) is 1.22. The Bertz CT molecular complexity index is 165. The van der Waals surface area contributed by atoms with Gasteiger partial charge in [0, 0.05) is 0 Å². The molecule has 0 aliphatic carbocycles. The average molecular weight is 162 g/mol. The van der Waals surface area contributed by atoms with Crippen molar-refractivity contribution in [1.82, 2.24) is 0 Å². The average Bonchev–Trinajstić information content (AvgIpc) is 1.59. The smallest absolute Gasteiger partial charge is 1.00 e. The molecule has 0 atom stereocenters. The molecule has 9 heavy (non-hydrogen) atoms. The summed E-state index contributed by atoms with van der Waals surface area (Å²) in [6, 6.07) is 0. The van der Waals surface area contributed by atoms with Gasteiger partial charge >= 0.3 is 40.0 Å². The first kappa shape index (κ1) is 12.3. The minimum Gasteiger partial charge on any atom is -1.00 e. The topological polar surface area (TPSA) is 63.6 Å². The van der Waals surface area contributed by atoms with Crippen molar-refractivity contribution in [2.75, 3.05) is 6.61 Å². The van der Waals surface area contributed by atoms with Crippen LogP contribution in [0.5, 0.6) is 0 Å². The predicted octanol–water partition coefficient (Wildman–Crippen LogP) is -2.89. The van der Waals surface area contributed by atoms with Crippen molar-refractivity contribution < 1.29 is 48.1 Å². The molecule has 0 saturated heterocycles. The molecular weight excluding hydrogens is 155 g/mol. The number of rotatable bonds is 3. The molecule has 0 spiro atoms. The molecule has 0 bridgehead atoms. The molecule has 1 N–H and O–H groups in total. The van der Waals surface area contributed by atoms with Crippen molar-refractivity contribution in [2.45, 2.75) is 0 Å². The van der Waals surface area contributed by atoms with Crippen molar-refractivity contribution in [3.63, 3.8) is 0 Å². The molecule has 0 aromatic heterocycles. The Kier molecular flexibility index (Phi) is 7.38. The summed E-state index contributed by atoms with van der Waals surface area (Å²) in [7, 11) is -4.26. The van der Waals surface area contributed by atoms with Gasteiger partial charge in [-0.2, -0.15) is 8.42 Å². The summed E-state index contributed by atoms with van der Waals surface area (Å²) in [5.41, 5.74) is 0. The Morgan fingerprint density at radius 1 is 1.78 bits per heavy atom. The van der Waals surface area contributed by atoms with E-state index in [0.29, 0.717) is 0 Å². The van der Waals surface area contributed by atoms with Crippen LogP contribution in [0.15, 0.2) is 12.7 Å². The molecule has 4 nitrogen and oxygen atoms in total. The first-order valence-electron chi connectivity index (χ1n) is 1.79. The van der Waals surface area contributed by atoms with Crippen molar-refractivity contribution >= 4 is 10.4 Å². The maximum Gasteiger partial charge on any atom is 1.00 e. The van der Waals surface area contributed by atoms with Crippen LogP contribution in [0.25, 0.3) is 0 Å². The normalized spacial score (nSPS) is 9.89. The summed E-state index contributed by atoms with van der Waals surface area (Å²) in [5, 5.41) is 0. The molecule has 0 unspecified atom stereocenters. The zero-order valence-electron chi connectivity index (χ0n) is 6.07. The Morgan fingerprint density at radius 2 is 2.22 bits per heavy atom. The van der Waals surface area contributed by atoms with Crippen LogP contribution in [0.1, 0.15) is 1.43 Å². The van der Waals surface area contributed by atoms with E-state index in [0.717, 1.165) is 0 Å². The summed E-state index contributed by atoms with van der Waals surface area (Å²) >= 11 is 0. The fourth-order valence-electron chi connectivity index (χ4n) is 0.134. The molecule has 50 valence electrons. The van der Waals surface area contributed by atoms with Gasteiger partial charge in [-0.05, 0) is 0 Å². The van der Waals surface area contributed by atoms with Gasteiger partial charge in [0.05, 0.1) is 6.61 Å². The van der Waals surface area contributed by atoms with Crippen molar-refractivity contribution in [3.05, 3.63) is 12.7 Å². The maximum atomic E-state index is 9.68. The fourth-order valence-corrected chi connectivity index (χ4v) is 0.402. The predicted molar refractivity (Wildman–Crippen MR) is 28.8 cm³/mol. The van der Waals surface area contributed by atoms with E-state index in [9.17, 15) is 8.42 Å². The van der Waals surface area contributed by atoms with Crippen LogP contribution in [0.4, 0.5) is 0 Å². The third kappa shape index (κ3) is 12.0. The zero-order valence-corrected chi connectivity index (χ0v) is 7.89. The van der Waals surface area contributed by atoms with E-state index in [1.165, 1.54) is 6.08 Å². The van der Waals surface area contributed by atoms with Gasteiger partial charge in [-0.3, -0.25) is 4.55 Å². The minimum atomic E-state index is -4.26. The Balaban J connectivity index is -0.000000245. The van der Waals surface area contributed by atoms with Crippen molar-refractivity contribution in [1.29, 1.82) is 0 Å². The van der Waals surface area contributed by atoms with Crippen LogP contribution in [0.3, 0.4) is 0 Å². The second kappa shape index (κ2) is 5.40. The Hall–Kier alpha value is 0.610. The van der Waals surface area contributed by atoms with E-state index >= 15 is 0 Å². The van der Waals surface area contributed by atoms with E-state index in [2.05, 4.69) is 10.8 Å². The molecule has 0 rings (SSSR count). The summed E-state index contributed by atoms with van der Waals surface area (Å²) in [5.74, 6) is 0. The van der Waals surface area contributed by atoms with Crippen LogP contribution >= 0.6 is 0 Å². The second-order valence-electron chi connectivity index (χ2n) is 1.00. The van der Waals surface area contributed by atoms with Gasteiger partial charge in [-0.1, -0.05) is 6.08 Å². The van der Waals surface area contributed by atoms with Crippen LogP contribution in [-0.4, -0.2) is 19.6 Å². The summed E-state index contributed by atoms with van der Waals surface area (Å²) in [6.45, 7) is 2.97. The quantitative estimate of drug-likeness (QED) is 0.275. The SMILES string of the molecule is C=CCOS(=O)(=O)O.[H-].[Na+]. The molecule has 0 aromatic carbocycles. The third-order valence-corrected chi connectivity index (χ3v) is 0.769. The fraction of sp³-hybridized carbons (Fsp3) is 0.333. The molecule has 0 radical (unpaired) electrons. The summed E-state index contributed by atoms with van der Waals surface area (Å²) in [4.78, 5) is 0. The molecule has 0 heterocycles. The van der Waals surface area contributed by atoms with Crippen LogP contribution < -0.4 is 29.6 Å². The molecule has 0 aliphatic rings. The zero-order chi connectivity index (χ0) is 6.62. The van der Waals surface area contributed by atoms with E-state index in [1.807, 2.05) is 0 Å². The molecule has 0 aliphatic heterocycles. The van der Waals surface area contributed by atoms with Gasteiger partial charge in [-0.25, -0.2) is 4.18 Å². The van der Waals surface area contributed by atoms with Gasteiger partial charge in [-0.15, -0.1) is 6.58 Å².